The van der Waals surface area contributed by atoms with Crippen LogP contribution in [0.15, 0.2) is 22.4 Å². The topological polar surface area (TPSA) is 0 Å². The van der Waals surface area contributed by atoms with Gasteiger partial charge in [-0.25, -0.2) is 0 Å². The zero-order chi connectivity index (χ0) is 10.1. The maximum absolute atomic E-state index is 2.42. The summed E-state index contributed by atoms with van der Waals surface area (Å²) in [5, 5.41) is 3.74. The van der Waals surface area contributed by atoms with Crippen molar-refractivity contribution in [2.75, 3.05) is 6.26 Å². The third-order valence-corrected chi connectivity index (χ3v) is 5.60. The first kappa shape index (κ1) is 10.8. The number of aryl methyl sites for hydroxylation is 1. The van der Waals surface area contributed by atoms with Gasteiger partial charge in [-0.05, 0) is 57.7 Å². The second kappa shape index (κ2) is 4.41. The molecule has 0 bridgehead atoms. The molecule has 0 unspecified atom stereocenters. The average molecular weight is 334 g/mol. The van der Waals surface area contributed by atoms with Gasteiger partial charge in [-0.2, -0.15) is 0 Å². The molecule has 1 heterocycles. The van der Waals surface area contributed by atoms with E-state index >= 15 is 0 Å². The van der Waals surface area contributed by atoms with Crippen LogP contribution in [0.3, 0.4) is 0 Å². The van der Waals surface area contributed by atoms with E-state index in [1.165, 1.54) is 24.1 Å². The highest BCUT2D eigenvalue weighted by atomic mass is 127. The summed E-state index contributed by atoms with van der Waals surface area (Å²) in [5.74, 6) is 0. The number of rotatable bonds is 2. The summed E-state index contributed by atoms with van der Waals surface area (Å²) in [5.41, 5.74) is 1.48. The number of hydrogen-bond donors (Lipinski definition) is 0. The van der Waals surface area contributed by atoms with Crippen LogP contribution in [0.2, 0.25) is 0 Å². The predicted molar refractivity (Wildman–Crippen MR) is 75.7 cm³/mol. The molecule has 1 aromatic carbocycles. The number of fused-ring (bicyclic) bond motifs is 1. The van der Waals surface area contributed by atoms with Crippen molar-refractivity contribution in [3.8, 4) is 0 Å². The first-order chi connectivity index (χ1) is 6.77. The minimum atomic E-state index is 1.13. The molecule has 0 fully saturated rings. The van der Waals surface area contributed by atoms with E-state index in [2.05, 4.69) is 53.3 Å². The van der Waals surface area contributed by atoms with E-state index in [1.54, 1.807) is 0 Å². The van der Waals surface area contributed by atoms with Crippen LogP contribution in [0, 0.1) is 3.57 Å². The van der Waals surface area contributed by atoms with Gasteiger partial charge in [0.05, 0.1) is 0 Å². The highest BCUT2D eigenvalue weighted by molar-refractivity contribution is 14.1. The molecule has 0 saturated heterocycles. The molecule has 0 saturated carbocycles. The Kier molecular flexibility index (Phi) is 3.39. The van der Waals surface area contributed by atoms with Crippen molar-refractivity contribution in [2.45, 2.75) is 18.2 Å². The normalized spacial score (nSPS) is 11.1. The third-order valence-electron chi connectivity index (χ3n) is 2.31. The summed E-state index contributed by atoms with van der Waals surface area (Å²) in [6, 6.07) is 4.48. The molecule has 0 nitrogen and oxygen atoms in total. The first-order valence-electron chi connectivity index (χ1n) is 4.50. The lowest BCUT2D eigenvalue weighted by Crippen LogP contribution is -1.80. The quantitative estimate of drug-likeness (QED) is 0.562. The largest absolute Gasteiger partial charge is 0.142 e. The van der Waals surface area contributed by atoms with Crippen molar-refractivity contribution in [3.05, 3.63) is 26.6 Å². The maximum atomic E-state index is 2.42. The minimum Gasteiger partial charge on any atom is -0.142 e. The Morgan fingerprint density at radius 1 is 1.43 bits per heavy atom. The Morgan fingerprint density at radius 2 is 2.21 bits per heavy atom. The van der Waals surface area contributed by atoms with Gasteiger partial charge in [-0.3, -0.25) is 0 Å². The van der Waals surface area contributed by atoms with Crippen LogP contribution < -0.4 is 0 Å². The third kappa shape index (κ3) is 1.70. The smallest absolute Gasteiger partial charge is 0.0492 e. The number of hydrogen-bond acceptors (Lipinski definition) is 2. The molecular weight excluding hydrogens is 323 g/mol. The Morgan fingerprint density at radius 3 is 2.86 bits per heavy atom. The SMILES string of the molecule is CCc1csc2c(SC)c(I)ccc12. The Labute approximate surface area is 106 Å². The van der Waals surface area contributed by atoms with Gasteiger partial charge in [0.25, 0.3) is 0 Å². The predicted octanol–water partition coefficient (Wildman–Crippen LogP) is 4.79. The molecule has 0 atom stereocenters. The van der Waals surface area contributed by atoms with Gasteiger partial charge in [0.2, 0.25) is 0 Å². The summed E-state index contributed by atoms with van der Waals surface area (Å²) in [7, 11) is 0. The summed E-state index contributed by atoms with van der Waals surface area (Å²) < 4.78 is 2.83. The molecule has 0 N–H and O–H groups in total. The van der Waals surface area contributed by atoms with Crippen molar-refractivity contribution in [1.29, 1.82) is 0 Å². The van der Waals surface area contributed by atoms with Crippen LogP contribution in [-0.2, 0) is 6.42 Å². The molecule has 1 aromatic heterocycles. The fourth-order valence-corrected chi connectivity index (χ4v) is 4.91. The van der Waals surface area contributed by atoms with Gasteiger partial charge in [-0.1, -0.05) is 13.0 Å². The maximum Gasteiger partial charge on any atom is 0.0492 e. The molecule has 0 radical (unpaired) electrons. The molecule has 0 amide bonds. The van der Waals surface area contributed by atoms with Gasteiger partial charge in [0, 0.05) is 13.2 Å². The van der Waals surface area contributed by atoms with E-state index in [1.807, 2.05) is 23.1 Å². The Bertz CT molecular complexity index is 460. The van der Waals surface area contributed by atoms with Crippen LogP contribution in [0.4, 0.5) is 0 Å². The van der Waals surface area contributed by atoms with Crippen molar-refractivity contribution in [3.63, 3.8) is 0 Å². The second-order valence-electron chi connectivity index (χ2n) is 3.07. The first-order valence-corrected chi connectivity index (χ1v) is 7.68. The van der Waals surface area contributed by atoms with E-state index < -0.39 is 0 Å². The summed E-state index contributed by atoms with van der Waals surface area (Å²) in [6.07, 6.45) is 3.29. The minimum absolute atomic E-state index is 1.13. The van der Waals surface area contributed by atoms with Crippen LogP contribution in [0.1, 0.15) is 12.5 Å². The van der Waals surface area contributed by atoms with Crippen LogP contribution in [0.25, 0.3) is 10.1 Å². The molecule has 2 aromatic rings. The molecular formula is C11H11IS2. The molecule has 0 spiro atoms. The van der Waals surface area contributed by atoms with E-state index in [9.17, 15) is 0 Å². The van der Waals surface area contributed by atoms with Gasteiger partial charge in [-0.15, -0.1) is 23.1 Å². The van der Waals surface area contributed by atoms with Gasteiger partial charge in [0.15, 0.2) is 0 Å². The Balaban J connectivity index is 2.76. The zero-order valence-corrected chi connectivity index (χ0v) is 11.9. The van der Waals surface area contributed by atoms with Crippen molar-refractivity contribution >= 4 is 55.8 Å². The second-order valence-corrected chi connectivity index (χ2v) is 5.93. The number of thiophene rings is 1. The lowest BCUT2D eigenvalue weighted by atomic mass is 10.1. The van der Waals surface area contributed by atoms with E-state index in [-0.39, 0.29) is 0 Å². The van der Waals surface area contributed by atoms with Crippen molar-refractivity contribution in [1.82, 2.24) is 0 Å². The molecule has 2 rings (SSSR count). The lowest BCUT2D eigenvalue weighted by molar-refractivity contribution is 1.17. The highest BCUT2D eigenvalue weighted by Crippen LogP contribution is 2.36. The molecule has 14 heavy (non-hydrogen) atoms. The monoisotopic (exact) mass is 334 g/mol. The molecule has 0 aliphatic heterocycles. The van der Waals surface area contributed by atoms with Gasteiger partial charge < -0.3 is 0 Å². The Hall–Kier alpha value is 0.260. The van der Waals surface area contributed by atoms with E-state index in [4.69, 9.17) is 0 Å². The fourth-order valence-electron chi connectivity index (χ4n) is 1.57. The van der Waals surface area contributed by atoms with Crippen LogP contribution in [0.5, 0.6) is 0 Å². The molecule has 74 valence electrons. The zero-order valence-electron chi connectivity index (χ0n) is 8.13. The summed E-state index contributed by atoms with van der Waals surface area (Å²) >= 11 is 6.15. The van der Waals surface area contributed by atoms with E-state index in [0.717, 1.165) is 6.42 Å². The van der Waals surface area contributed by atoms with Gasteiger partial charge >= 0.3 is 0 Å². The standard InChI is InChI=1S/C11H11IS2/c1-3-7-6-14-10-8(7)4-5-9(12)11(10)13-2/h4-6H,3H2,1-2H3. The lowest BCUT2D eigenvalue weighted by Gasteiger charge is -2.02. The molecule has 0 aliphatic rings. The van der Waals surface area contributed by atoms with Crippen molar-refractivity contribution in [2.24, 2.45) is 0 Å². The van der Waals surface area contributed by atoms with Crippen molar-refractivity contribution < 1.29 is 0 Å². The molecule has 3 heteroatoms. The highest BCUT2D eigenvalue weighted by Gasteiger charge is 2.08. The average Bonchev–Trinajstić information content (AvgIpc) is 2.60. The molecule has 0 aliphatic carbocycles. The number of benzene rings is 1. The van der Waals surface area contributed by atoms with Crippen LogP contribution >= 0.6 is 45.7 Å². The number of thioether (sulfide) groups is 1. The fraction of sp³-hybridized carbons (Fsp3) is 0.273. The number of halogens is 1. The summed E-state index contributed by atoms with van der Waals surface area (Å²) in [4.78, 5) is 1.44. The summed E-state index contributed by atoms with van der Waals surface area (Å²) in [6.45, 7) is 2.22. The van der Waals surface area contributed by atoms with E-state index in [0.29, 0.717) is 0 Å². The van der Waals surface area contributed by atoms with Crippen LogP contribution in [-0.4, -0.2) is 6.26 Å². The van der Waals surface area contributed by atoms with Gasteiger partial charge in [0.1, 0.15) is 0 Å².